The van der Waals surface area contributed by atoms with Crippen molar-refractivity contribution in [2.24, 2.45) is 17.2 Å². The van der Waals surface area contributed by atoms with Crippen LogP contribution in [0, 0.1) is 25.2 Å². The van der Waals surface area contributed by atoms with Crippen molar-refractivity contribution in [1.29, 1.82) is 5.26 Å². The molecule has 360 valence electrons. The van der Waals surface area contributed by atoms with E-state index >= 15 is 0 Å². The fraction of sp³-hybridized carbons (Fsp3) is 0.440. The van der Waals surface area contributed by atoms with Crippen LogP contribution in [-0.2, 0) is 37.4 Å². The lowest BCUT2D eigenvalue weighted by Gasteiger charge is -2.33. The number of likely N-dealkylation sites (N-methyl/N-ethyl adjacent to an activating group) is 1. The SMILES string of the molecule is Cc1nc(-c2ccc3c(c2)CCCC3(C)C)nc(C)c1C(=O)N[C@@H](CCN)C(=O)N(C)[C@@H]1C(=O)N[C@@H](C)C(=O)N[C@H](C(=O)NCC#N)Cc2ccc(OCCN)c(c2)-c2cc1ccc2OCCN. The number of nitrogens with one attached hydrogen (secondary N) is 4. The standard InChI is InChI=1S/C50H63N11O7/c1-28-42(29(2)57-44(56-28)34-10-12-37-32(26-34)8-7-16-50(37,4)5)47(64)59-38(15-17-51)49(66)61(6)43-33-11-14-41(68-23-20-54)36(27-33)35-24-31(9-13-40(35)67-22-19-53)25-39(46(63)55-21-18-52)60-45(62)30(3)58-48(43)65/h9-14,24,26-27,30,38-39,43H,7-8,15-17,19-23,25,51,53-54H2,1-6H3,(H,55,63)(H,58,65)(H,59,64)(H,60,62)/t30-,38-,39-,43-/m0/s1. The van der Waals surface area contributed by atoms with E-state index in [0.29, 0.717) is 51.0 Å². The van der Waals surface area contributed by atoms with Gasteiger partial charge in [0.05, 0.1) is 23.0 Å². The van der Waals surface area contributed by atoms with E-state index in [-0.39, 0.29) is 63.2 Å². The third-order valence-corrected chi connectivity index (χ3v) is 12.5. The lowest BCUT2D eigenvalue weighted by molar-refractivity contribution is -0.141. The molecule has 0 radical (unpaired) electrons. The highest BCUT2D eigenvalue weighted by atomic mass is 16.5. The van der Waals surface area contributed by atoms with Gasteiger partial charge in [-0.1, -0.05) is 38.1 Å². The molecule has 6 rings (SSSR count). The number of aryl methyl sites for hydroxylation is 3. The van der Waals surface area contributed by atoms with Crippen LogP contribution in [0.15, 0.2) is 54.6 Å². The number of carbonyl (C=O) groups excluding carboxylic acids is 5. The van der Waals surface area contributed by atoms with Crippen LogP contribution in [0.1, 0.15) is 90.1 Å². The van der Waals surface area contributed by atoms with Gasteiger partial charge >= 0.3 is 0 Å². The van der Waals surface area contributed by atoms with Crippen molar-refractivity contribution in [2.75, 3.05) is 46.4 Å². The summed E-state index contributed by atoms with van der Waals surface area (Å²) in [5.41, 5.74) is 24.2. The number of rotatable bonds is 15. The van der Waals surface area contributed by atoms with Crippen molar-refractivity contribution in [3.8, 4) is 40.1 Å². The lowest BCUT2D eigenvalue weighted by atomic mass is 9.72. The molecule has 1 aliphatic heterocycles. The van der Waals surface area contributed by atoms with Gasteiger partial charge in [0.1, 0.15) is 55.4 Å². The van der Waals surface area contributed by atoms with Gasteiger partial charge < -0.3 is 52.8 Å². The Morgan fingerprint density at radius 1 is 0.912 bits per heavy atom. The molecule has 5 amide bonds. The van der Waals surface area contributed by atoms with E-state index in [9.17, 15) is 29.2 Å². The van der Waals surface area contributed by atoms with Gasteiger partial charge in [-0.05, 0) is 111 Å². The van der Waals surface area contributed by atoms with Crippen molar-refractivity contribution in [3.63, 3.8) is 0 Å². The summed E-state index contributed by atoms with van der Waals surface area (Å²) < 4.78 is 12.2. The number of hydrogen-bond acceptors (Lipinski definition) is 13. The smallest absolute Gasteiger partial charge is 0.255 e. The summed E-state index contributed by atoms with van der Waals surface area (Å²) in [5, 5.41) is 20.0. The van der Waals surface area contributed by atoms with Gasteiger partial charge in [-0.25, -0.2) is 9.97 Å². The second-order valence-corrected chi connectivity index (χ2v) is 17.9. The minimum atomic E-state index is -1.40. The lowest BCUT2D eigenvalue weighted by Crippen LogP contribution is -2.56. The van der Waals surface area contributed by atoms with Crippen LogP contribution >= 0.6 is 0 Å². The van der Waals surface area contributed by atoms with Crippen molar-refractivity contribution >= 4 is 29.5 Å². The first-order valence-corrected chi connectivity index (χ1v) is 23.0. The third kappa shape index (κ3) is 11.4. The molecule has 4 bridgehead atoms. The molecule has 4 atom stereocenters. The number of nitriles is 1. The molecule has 68 heavy (non-hydrogen) atoms. The average Bonchev–Trinajstić information content (AvgIpc) is 3.30. The van der Waals surface area contributed by atoms with Crippen LogP contribution in [0.4, 0.5) is 0 Å². The highest BCUT2D eigenvalue weighted by molar-refractivity contribution is 6.00. The average molecular weight is 930 g/mol. The van der Waals surface area contributed by atoms with Crippen LogP contribution in [0.3, 0.4) is 0 Å². The van der Waals surface area contributed by atoms with Gasteiger partial charge in [-0.2, -0.15) is 5.26 Å². The summed E-state index contributed by atoms with van der Waals surface area (Å²) in [6.07, 6.45) is 3.18. The molecule has 10 N–H and O–H groups in total. The largest absolute Gasteiger partial charge is 0.492 e. The van der Waals surface area contributed by atoms with E-state index in [1.54, 1.807) is 50.2 Å². The first kappa shape index (κ1) is 50.5. The Morgan fingerprint density at radius 3 is 2.22 bits per heavy atom. The molecule has 2 heterocycles. The van der Waals surface area contributed by atoms with Gasteiger partial charge in [0.15, 0.2) is 5.82 Å². The Hall–Kier alpha value is -6.94. The molecular weight excluding hydrogens is 867 g/mol. The number of amides is 5. The van der Waals surface area contributed by atoms with E-state index in [2.05, 4.69) is 47.2 Å². The second kappa shape index (κ2) is 22.2. The van der Waals surface area contributed by atoms with Crippen molar-refractivity contribution in [2.45, 2.75) is 96.3 Å². The Labute approximate surface area is 397 Å². The van der Waals surface area contributed by atoms with Gasteiger partial charge in [-0.15, -0.1) is 0 Å². The Morgan fingerprint density at radius 2 is 1.57 bits per heavy atom. The van der Waals surface area contributed by atoms with Crippen LogP contribution in [0.5, 0.6) is 11.5 Å². The minimum Gasteiger partial charge on any atom is -0.492 e. The first-order chi connectivity index (χ1) is 32.5. The van der Waals surface area contributed by atoms with Gasteiger partial charge in [0.2, 0.25) is 23.6 Å². The number of fused-ring (bicyclic) bond motifs is 6. The quantitative estimate of drug-likeness (QED) is 0.0846. The number of carbonyl (C=O) groups is 5. The zero-order chi connectivity index (χ0) is 49.3. The summed E-state index contributed by atoms with van der Waals surface area (Å²) >= 11 is 0. The zero-order valence-corrected chi connectivity index (χ0v) is 39.7. The summed E-state index contributed by atoms with van der Waals surface area (Å²) in [5.74, 6) is -2.05. The van der Waals surface area contributed by atoms with E-state index in [0.717, 1.165) is 24.8 Å². The molecule has 0 fully saturated rings. The summed E-state index contributed by atoms with van der Waals surface area (Å²) in [4.78, 5) is 81.5. The third-order valence-electron chi connectivity index (χ3n) is 12.5. The minimum absolute atomic E-state index is 0.00317. The van der Waals surface area contributed by atoms with Crippen molar-refractivity contribution in [3.05, 3.63) is 93.8 Å². The van der Waals surface area contributed by atoms with Crippen LogP contribution in [0.25, 0.3) is 22.5 Å². The maximum absolute atomic E-state index is 14.8. The molecule has 3 aromatic carbocycles. The van der Waals surface area contributed by atoms with Gasteiger partial charge in [0, 0.05) is 43.2 Å². The molecular formula is C50H63N11O7. The maximum Gasteiger partial charge on any atom is 0.255 e. The van der Waals surface area contributed by atoms with Crippen LogP contribution in [0.2, 0.25) is 0 Å². The highest BCUT2D eigenvalue weighted by Crippen LogP contribution is 2.41. The number of aromatic nitrogens is 2. The molecule has 0 saturated heterocycles. The van der Waals surface area contributed by atoms with Gasteiger partial charge in [-0.3, -0.25) is 24.0 Å². The highest BCUT2D eigenvalue weighted by Gasteiger charge is 2.37. The van der Waals surface area contributed by atoms with E-state index in [1.807, 2.05) is 12.1 Å². The normalized spacial score (nSPS) is 18.0. The summed E-state index contributed by atoms with van der Waals surface area (Å²) in [7, 11) is 1.43. The molecule has 2 aliphatic rings. The van der Waals surface area contributed by atoms with Crippen molar-refractivity contribution < 1.29 is 33.4 Å². The topological polar surface area (TPSA) is 283 Å². The monoisotopic (exact) mass is 929 g/mol. The fourth-order valence-electron chi connectivity index (χ4n) is 8.99. The number of hydrogen-bond donors (Lipinski definition) is 7. The summed E-state index contributed by atoms with van der Waals surface area (Å²) in [6.45, 7) is 9.77. The fourth-order valence-corrected chi connectivity index (χ4v) is 8.99. The van der Waals surface area contributed by atoms with Crippen LogP contribution in [-0.4, -0.2) is 109 Å². The molecule has 1 aliphatic carbocycles. The van der Waals surface area contributed by atoms with E-state index < -0.39 is 53.7 Å². The predicted octanol–water partition coefficient (Wildman–Crippen LogP) is 2.55. The molecule has 1 aromatic heterocycles. The number of nitrogens with zero attached hydrogens (tertiary/aromatic N) is 4. The van der Waals surface area contributed by atoms with Crippen molar-refractivity contribution in [1.82, 2.24) is 36.1 Å². The molecule has 0 saturated carbocycles. The molecule has 0 unspecified atom stereocenters. The number of ether oxygens (including phenoxy) is 2. The second-order valence-electron chi connectivity index (χ2n) is 17.9. The van der Waals surface area contributed by atoms with Crippen LogP contribution < -0.4 is 47.9 Å². The molecule has 18 nitrogen and oxygen atoms in total. The Bertz CT molecular complexity index is 2570. The van der Waals surface area contributed by atoms with E-state index in [1.165, 1.54) is 30.0 Å². The molecule has 4 aromatic rings. The molecule has 0 spiro atoms. The number of nitrogens with two attached hydrogens (primary N) is 3. The van der Waals surface area contributed by atoms with E-state index in [4.69, 9.17) is 36.6 Å². The van der Waals surface area contributed by atoms with Gasteiger partial charge in [0.25, 0.3) is 5.91 Å². The Balaban J connectivity index is 1.38. The Kier molecular flexibility index (Phi) is 16.5. The zero-order valence-electron chi connectivity index (χ0n) is 39.7. The predicted molar refractivity (Wildman–Crippen MR) is 256 cm³/mol. The number of benzene rings is 3. The summed E-state index contributed by atoms with van der Waals surface area (Å²) in [6, 6.07) is 13.4. The first-order valence-electron chi connectivity index (χ1n) is 23.0. The maximum atomic E-state index is 14.8. The molecule has 18 heteroatoms.